The smallest absolute Gasteiger partial charge is 0.349 e. The normalized spacial score (nSPS) is 13.3. The summed E-state index contributed by atoms with van der Waals surface area (Å²) in [4.78, 5) is 11.5. The van der Waals surface area contributed by atoms with Crippen LogP contribution in [0.1, 0.15) is 28.6 Å². The first-order valence-electron chi connectivity index (χ1n) is 5.67. The Morgan fingerprint density at radius 2 is 2.21 bits per heavy atom. The Kier molecular flexibility index (Phi) is 5.48. The molecule has 1 aromatic heterocycles. The van der Waals surface area contributed by atoms with Crippen molar-refractivity contribution in [1.82, 2.24) is 4.72 Å². The maximum atomic E-state index is 12.3. The summed E-state index contributed by atoms with van der Waals surface area (Å²) in [5.74, 6) is -0.685. The summed E-state index contributed by atoms with van der Waals surface area (Å²) < 4.78 is 31.5. The Morgan fingerprint density at radius 3 is 2.68 bits per heavy atom. The molecule has 1 aromatic rings. The molecule has 0 saturated carbocycles. The summed E-state index contributed by atoms with van der Waals surface area (Å²) in [5.41, 5.74) is 0.477. The molecular weight excluding hydrogens is 290 g/mol. The van der Waals surface area contributed by atoms with E-state index in [-0.39, 0.29) is 16.4 Å². The third-order valence-corrected chi connectivity index (χ3v) is 5.51. The number of hydrogen-bond donors (Lipinski definition) is 2. The first-order valence-corrected chi connectivity index (χ1v) is 8.03. The van der Waals surface area contributed by atoms with Gasteiger partial charge in [0.25, 0.3) is 0 Å². The van der Waals surface area contributed by atoms with Crippen LogP contribution in [-0.2, 0) is 14.8 Å². The van der Waals surface area contributed by atoms with Gasteiger partial charge in [-0.2, -0.15) is 0 Å². The molecule has 2 N–H and O–H groups in total. The largest absolute Gasteiger partial charge is 0.465 e. The summed E-state index contributed by atoms with van der Waals surface area (Å²) >= 11 is 1.02. The molecule has 1 rings (SSSR count). The molecule has 0 radical (unpaired) electrons. The van der Waals surface area contributed by atoms with Crippen LogP contribution in [0.3, 0.4) is 0 Å². The fourth-order valence-corrected chi connectivity index (χ4v) is 4.55. The number of rotatable bonds is 6. The van der Waals surface area contributed by atoms with Crippen molar-refractivity contribution in [2.45, 2.75) is 31.2 Å². The Morgan fingerprint density at radius 1 is 1.58 bits per heavy atom. The number of carbonyl (C=O) groups excluding carboxylic acids is 1. The zero-order valence-corrected chi connectivity index (χ0v) is 12.6. The summed E-state index contributed by atoms with van der Waals surface area (Å²) in [6, 6.07) is -0.574. The van der Waals surface area contributed by atoms with Crippen LogP contribution in [0.4, 0.5) is 0 Å². The lowest BCUT2D eigenvalue weighted by Gasteiger charge is -2.15. The molecule has 0 aliphatic carbocycles. The van der Waals surface area contributed by atoms with Gasteiger partial charge in [0.2, 0.25) is 10.0 Å². The van der Waals surface area contributed by atoms with Crippen molar-refractivity contribution < 1.29 is 23.1 Å². The minimum absolute atomic E-state index is 0.0419. The topological polar surface area (TPSA) is 92.7 Å². The van der Waals surface area contributed by atoms with E-state index in [1.165, 1.54) is 7.11 Å². The van der Waals surface area contributed by atoms with Crippen molar-refractivity contribution in [3.63, 3.8) is 0 Å². The van der Waals surface area contributed by atoms with Gasteiger partial charge in [0.1, 0.15) is 9.77 Å². The second-order valence-electron chi connectivity index (χ2n) is 3.98. The van der Waals surface area contributed by atoms with E-state index in [0.717, 1.165) is 11.3 Å². The van der Waals surface area contributed by atoms with Crippen molar-refractivity contribution in [3.8, 4) is 0 Å². The number of aliphatic hydroxyl groups excluding tert-OH is 1. The first kappa shape index (κ1) is 16.1. The molecule has 0 saturated heterocycles. The molecule has 0 aliphatic heterocycles. The van der Waals surface area contributed by atoms with Gasteiger partial charge in [-0.3, -0.25) is 0 Å². The van der Waals surface area contributed by atoms with Crippen LogP contribution in [0.2, 0.25) is 0 Å². The summed E-state index contributed by atoms with van der Waals surface area (Å²) in [6.45, 7) is 3.06. The lowest BCUT2D eigenvalue weighted by atomic mass is 10.3. The maximum absolute atomic E-state index is 12.3. The van der Waals surface area contributed by atoms with Gasteiger partial charge in [0.15, 0.2) is 0 Å². The van der Waals surface area contributed by atoms with Crippen molar-refractivity contribution in [3.05, 3.63) is 15.8 Å². The van der Waals surface area contributed by atoms with Gasteiger partial charge in [0.05, 0.1) is 13.7 Å². The Hall–Kier alpha value is -0.960. The quantitative estimate of drug-likeness (QED) is 0.762. The Bertz CT molecular complexity index is 545. The van der Waals surface area contributed by atoms with Crippen LogP contribution >= 0.6 is 11.3 Å². The highest BCUT2D eigenvalue weighted by Crippen LogP contribution is 2.27. The fraction of sp³-hybridized carbons (Fsp3) is 0.545. The number of carbonyl (C=O) groups is 1. The van der Waals surface area contributed by atoms with Gasteiger partial charge in [0, 0.05) is 6.04 Å². The van der Waals surface area contributed by atoms with Gasteiger partial charge in [-0.05, 0) is 24.3 Å². The molecule has 19 heavy (non-hydrogen) atoms. The predicted molar refractivity (Wildman–Crippen MR) is 71.9 cm³/mol. The highest BCUT2D eigenvalue weighted by atomic mass is 32.2. The van der Waals surface area contributed by atoms with Crippen LogP contribution in [0.25, 0.3) is 0 Å². The standard InChI is InChI=1S/C11H17NO5S2/c1-4-8(5-13)12-19(15,16)10-7(2)6-18-9(10)11(14)17-3/h6,8,12-13H,4-5H2,1-3H3. The van der Waals surface area contributed by atoms with Gasteiger partial charge in [-0.1, -0.05) is 6.92 Å². The van der Waals surface area contributed by atoms with Crippen LogP contribution in [0.5, 0.6) is 0 Å². The molecule has 1 unspecified atom stereocenters. The van der Waals surface area contributed by atoms with Crippen molar-refractivity contribution in [1.29, 1.82) is 0 Å². The number of aryl methyl sites for hydroxylation is 1. The third kappa shape index (κ3) is 3.53. The summed E-state index contributed by atoms with van der Waals surface area (Å²) in [6.07, 6.45) is 0.451. The van der Waals surface area contributed by atoms with Crippen LogP contribution in [-0.4, -0.2) is 39.3 Å². The van der Waals surface area contributed by atoms with E-state index in [0.29, 0.717) is 12.0 Å². The fourth-order valence-electron chi connectivity index (χ4n) is 1.53. The Balaban J connectivity index is 3.21. The molecule has 0 amide bonds. The average molecular weight is 307 g/mol. The summed E-state index contributed by atoms with van der Waals surface area (Å²) in [5, 5.41) is 10.6. The monoisotopic (exact) mass is 307 g/mol. The highest BCUT2D eigenvalue weighted by molar-refractivity contribution is 7.89. The molecule has 0 aliphatic rings. The number of aliphatic hydroxyl groups is 1. The van der Waals surface area contributed by atoms with E-state index < -0.39 is 22.0 Å². The number of methoxy groups -OCH3 is 1. The number of thiophene rings is 1. The maximum Gasteiger partial charge on any atom is 0.349 e. The van der Waals surface area contributed by atoms with Crippen LogP contribution in [0.15, 0.2) is 10.3 Å². The van der Waals surface area contributed by atoms with Crippen molar-refractivity contribution in [2.24, 2.45) is 0 Å². The number of ether oxygens (including phenoxy) is 1. The van der Waals surface area contributed by atoms with Gasteiger partial charge in [-0.25, -0.2) is 17.9 Å². The van der Waals surface area contributed by atoms with E-state index in [1.54, 1.807) is 19.2 Å². The second kappa shape index (κ2) is 6.47. The zero-order chi connectivity index (χ0) is 14.6. The molecule has 1 heterocycles. The lowest BCUT2D eigenvalue weighted by Crippen LogP contribution is -2.37. The molecule has 1 atom stereocenters. The lowest BCUT2D eigenvalue weighted by molar-refractivity contribution is 0.0602. The third-order valence-electron chi connectivity index (χ3n) is 2.59. The van der Waals surface area contributed by atoms with E-state index in [2.05, 4.69) is 9.46 Å². The van der Waals surface area contributed by atoms with Crippen LogP contribution in [0, 0.1) is 6.92 Å². The van der Waals surface area contributed by atoms with E-state index in [1.807, 2.05) is 0 Å². The van der Waals surface area contributed by atoms with Crippen molar-refractivity contribution in [2.75, 3.05) is 13.7 Å². The van der Waals surface area contributed by atoms with Crippen LogP contribution < -0.4 is 4.72 Å². The zero-order valence-electron chi connectivity index (χ0n) is 11.0. The molecule has 6 nitrogen and oxygen atoms in total. The average Bonchev–Trinajstić information content (AvgIpc) is 2.77. The molecule has 0 fully saturated rings. The van der Waals surface area contributed by atoms with E-state index in [9.17, 15) is 13.2 Å². The molecule has 0 spiro atoms. The predicted octanol–water partition coefficient (Wildman–Crippen LogP) is 0.892. The van der Waals surface area contributed by atoms with Gasteiger partial charge < -0.3 is 9.84 Å². The van der Waals surface area contributed by atoms with Gasteiger partial charge in [-0.15, -0.1) is 11.3 Å². The number of hydrogen-bond acceptors (Lipinski definition) is 6. The first-order chi connectivity index (χ1) is 8.87. The number of nitrogens with one attached hydrogen (secondary N) is 1. The molecule has 0 aromatic carbocycles. The SMILES string of the molecule is CCC(CO)NS(=O)(=O)c1c(C)csc1C(=O)OC. The van der Waals surface area contributed by atoms with Gasteiger partial charge >= 0.3 is 5.97 Å². The molecule has 8 heteroatoms. The minimum Gasteiger partial charge on any atom is -0.465 e. The Labute approximate surface area is 116 Å². The number of esters is 1. The van der Waals surface area contributed by atoms with E-state index in [4.69, 9.17) is 5.11 Å². The molecular formula is C11H17NO5S2. The van der Waals surface area contributed by atoms with E-state index >= 15 is 0 Å². The molecule has 0 bridgehead atoms. The number of sulfonamides is 1. The molecule has 108 valence electrons. The summed E-state index contributed by atoms with van der Waals surface area (Å²) in [7, 11) is -2.66. The second-order valence-corrected chi connectivity index (χ2v) is 6.51. The highest BCUT2D eigenvalue weighted by Gasteiger charge is 2.28. The minimum atomic E-state index is -3.86. The van der Waals surface area contributed by atoms with Crippen molar-refractivity contribution >= 4 is 27.3 Å².